The molecular formula is C29H38F3NO. The molecule has 2 aromatic carbocycles. The lowest BCUT2D eigenvalue weighted by molar-refractivity contribution is -0.138. The number of rotatable bonds is 4. The largest absolute Gasteiger partial charge is 0.490 e. The Hall–Kier alpha value is -1.75. The van der Waals surface area contributed by atoms with Crippen molar-refractivity contribution < 1.29 is 17.9 Å². The summed E-state index contributed by atoms with van der Waals surface area (Å²) in [5, 5.41) is 0.899. The second kappa shape index (κ2) is 9.37. The van der Waals surface area contributed by atoms with E-state index in [1.165, 1.54) is 32.1 Å². The van der Waals surface area contributed by atoms with Gasteiger partial charge >= 0.3 is 6.18 Å². The molecule has 2 bridgehead atoms. The van der Waals surface area contributed by atoms with Crippen LogP contribution in [-0.4, -0.2) is 23.1 Å². The molecule has 0 N–H and O–H groups in total. The normalized spacial score (nSPS) is 32.6. The Kier molecular flexibility index (Phi) is 6.60. The highest BCUT2D eigenvalue weighted by molar-refractivity contribution is 5.89. The third-order valence-corrected chi connectivity index (χ3v) is 8.49. The van der Waals surface area contributed by atoms with E-state index in [0.29, 0.717) is 29.3 Å². The predicted octanol–water partition coefficient (Wildman–Crippen LogP) is 8.22. The minimum absolute atomic E-state index is 0.0152. The summed E-state index contributed by atoms with van der Waals surface area (Å²) in [6.07, 6.45) is 4.39. The Morgan fingerprint density at radius 3 is 2.15 bits per heavy atom. The molecule has 34 heavy (non-hydrogen) atoms. The molecule has 2 aliphatic heterocycles. The van der Waals surface area contributed by atoms with Gasteiger partial charge in [0.15, 0.2) is 0 Å². The number of hydrogen-bond acceptors (Lipinski definition) is 2. The average Bonchev–Trinajstić information content (AvgIpc) is 2.72. The Morgan fingerprint density at radius 1 is 0.853 bits per heavy atom. The van der Waals surface area contributed by atoms with Gasteiger partial charge in [0.05, 0.1) is 6.10 Å². The van der Waals surface area contributed by atoms with Crippen LogP contribution in [0.4, 0.5) is 13.2 Å². The zero-order chi connectivity index (χ0) is 24.0. The van der Waals surface area contributed by atoms with Crippen LogP contribution in [-0.2, 0) is 12.7 Å². The number of ether oxygens (including phenoxy) is 1. The summed E-state index contributed by atoms with van der Waals surface area (Å²) in [6.45, 7) is 7.51. The van der Waals surface area contributed by atoms with Crippen LogP contribution in [0, 0.1) is 17.8 Å². The van der Waals surface area contributed by atoms with E-state index in [1.54, 1.807) is 12.1 Å². The fraction of sp³-hybridized carbons (Fsp3) is 0.655. The number of hydrogen-bond donors (Lipinski definition) is 0. The number of halogens is 3. The molecule has 0 spiro atoms. The lowest BCUT2D eigenvalue weighted by atomic mass is 9.79. The monoisotopic (exact) mass is 473 g/mol. The topological polar surface area (TPSA) is 12.5 Å². The van der Waals surface area contributed by atoms with Crippen LogP contribution >= 0.6 is 0 Å². The third-order valence-electron chi connectivity index (χ3n) is 8.49. The number of benzene rings is 2. The van der Waals surface area contributed by atoms with Crippen molar-refractivity contribution in [1.29, 1.82) is 0 Å². The average molecular weight is 474 g/mol. The summed E-state index contributed by atoms with van der Waals surface area (Å²) < 4.78 is 48.8. The van der Waals surface area contributed by atoms with Crippen molar-refractivity contribution in [3.05, 3.63) is 41.5 Å². The van der Waals surface area contributed by atoms with Gasteiger partial charge in [0.2, 0.25) is 0 Å². The second-order valence-electron chi connectivity index (χ2n) is 11.6. The minimum Gasteiger partial charge on any atom is -0.490 e. The molecule has 2 heterocycles. The molecule has 5 rings (SSSR count). The molecule has 0 amide bonds. The molecule has 1 saturated carbocycles. The first-order chi connectivity index (χ1) is 16.2. The van der Waals surface area contributed by atoms with E-state index < -0.39 is 11.7 Å². The molecule has 2 saturated heterocycles. The van der Waals surface area contributed by atoms with Crippen molar-refractivity contribution in [3.8, 4) is 5.75 Å². The lowest BCUT2D eigenvalue weighted by Gasteiger charge is -2.48. The van der Waals surface area contributed by atoms with Gasteiger partial charge in [0, 0.05) is 18.6 Å². The summed E-state index contributed by atoms with van der Waals surface area (Å²) in [5.74, 6) is 1.70. The van der Waals surface area contributed by atoms with E-state index in [9.17, 15) is 13.2 Å². The molecule has 3 unspecified atom stereocenters. The molecule has 5 heteroatoms. The standard InChI is InChI=1S/C29H38F3NO/c1-18-11-19(2)15-25(14-18)34-27-10-8-22-16-21(7-9-26(22)28(27)29(30,31)32)17-33-23-5-4-6-24(33)13-20(3)12-23/h7-10,16,18-20,23-25H,4-6,11-15,17H2,1-3H3/t18-,19+,20?,23?,24?,25?. The molecule has 5 atom stereocenters. The van der Waals surface area contributed by atoms with E-state index in [1.807, 2.05) is 18.2 Å². The van der Waals surface area contributed by atoms with Gasteiger partial charge in [-0.15, -0.1) is 0 Å². The Morgan fingerprint density at radius 2 is 1.50 bits per heavy atom. The Labute approximate surface area is 201 Å². The van der Waals surface area contributed by atoms with Crippen LogP contribution in [0.25, 0.3) is 10.8 Å². The van der Waals surface area contributed by atoms with Gasteiger partial charge in [-0.2, -0.15) is 13.2 Å². The number of fused-ring (bicyclic) bond motifs is 3. The van der Waals surface area contributed by atoms with Gasteiger partial charge in [-0.3, -0.25) is 4.90 Å². The zero-order valence-electron chi connectivity index (χ0n) is 20.7. The minimum atomic E-state index is -4.46. The number of piperidine rings is 2. The summed E-state index contributed by atoms with van der Waals surface area (Å²) in [5.41, 5.74) is 0.488. The van der Waals surface area contributed by atoms with E-state index in [2.05, 4.69) is 25.7 Å². The van der Waals surface area contributed by atoms with Gasteiger partial charge < -0.3 is 4.74 Å². The first kappa shape index (κ1) is 24.0. The maximum absolute atomic E-state index is 14.3. The van der Waals surface area contributed by atoms with Crippen molar-refractivity contribution in [2.45, 2.75) is 103 Å². The maximum atomic E-state index is 14.3. The van der Waals surface area contributed by atoms with Crippen LogP contribution in [0.5, 0.6) is 5.75 Å². The maximum Gasteiger partial charge on any atom is 0.420 e. The second-order valence-corrected chi connectivity index (χ2v) is 11.6. The van der Waals surface area contributed by atoms with Crippen molar-refractivity contribution in [2.24, 2.45) is 17.8 Å². The van der Waals surface area contributed by atoms with Gasteiger partial charge in [0.25, 0.3) is 0 Å². The first-order valence-corrected chi connectivity index (χ1v) is 13.2. The smallest absolute Gasteiger partial charge is 0.420 e. The lowest BCUT2D eigenvalue weighted by Crippen LogP contribution is -2.51. The van der Waals surface area contributed by atoms with Crippen LogP contribution < -0.4 is 4.74 Å². The van der Waals surface area contributed by atoms with Crippen molar-refractivity contribution in [2.75, 3.05) is 0 Å². The summed E-state index contributed by atoms with van der Waals surface area (Å²) in [4.78, 5) is 2.62. The molecule has 1 aliphatic carbocycles. The third kappa shape index (κ3) is 4.96. The van der Waals surface area contributed by atoms with E-state index >= 15 is 0 Å². The number of alkyl halides is 3. The summed E-state index contributed by atoms with van der Waals surface area (Å²) >= 11 is 0. The van der Waals surface area contributed by atoms with E-state index in [4.69, 9.17) is 4.74 Å². The summed E-state index contributed by atoms with van der Waals surface area (Å²) in [6, 6.07) is 10.1. The zero-order valence-corrected chi connectivity index (χ0v) is 20.7. The van der Waals surface area contributed by atoms with Crippen LogP contribution in [0.3, 0.4) is 0 Å². The van der Waals surface area contributed by atoms with Crippen LogP contribution in [0.1, 0.15) is 83.3 Å². The first-order valence-electron chi connectivity index (χ1n) is 13.2. The Bertz CT molecular complexity index is 994. The number of nitrogens with zero attached hydrogens (tertiary/aromatic N) is 1. The molecule has 0 aromatic heterocycles. The van der Waals surface area contributed by atoms with Gasteiger partial charge in [-0.25, -0.2) is 0 Å². The molecule has 0 radical (unpaired) electrons. The van der Waals surface area contributed by atoms with E-state index in [-0.39, 0.29) is 17.2 Å². The van der Waals surface area contributed by atoms with Gasteiger partial charge in [0.1, 0.15) is 11.3 Å². The summed E-state index contributed by atoms with van der Waals surface area (Å²) in [7, 11) is 0. The highest BCUT2D eigenvalue weighted by atomic mass is 19.4. The molecule has 3 fully saturated rings. The van der Waals surface area contributed by atoms with Crippen molar-refractivity contribution in [1.82, 2.24) is 4.90 Å². The van der Waals surface area contributed by atoms with Gasteiger partial charge in [-0.05, 0) is 91.2 Å². The van der Waals surface area contributed by atoms with Gasteiger partial charge in [-0.1, -0.05) is 45.4 Å². The molecule has 186 valence electrons. The van der Waals surface area contributed by atoms with Crippen molar-refractivity contribution in [3.63, 3.8) is 0 Å². The molecular weight excluding hydrogens is 435 g/mol. The predicted molar refractivity (Wildman–Crippen MR) is 131 cm³/mol. The SMILES string of the molecule is CC1CC2CCCC(C1)N2Cc1ccc2c(C(F)(F)F)c(OC3C[C@@H](C)C[C@@H](C)C3)ccc2c1. The fourth-order valence-electron chi connectivity index (χ4n) is 7.22. The van der Waals surface area contributed by atoms with E-state index in [0.717, 1.165) is 37.3 Å². The van der Waals surface area contributed by atoms with Crippen molar-refractivity contribution >= 4 is 10.8 Å². The highest BCUT2D eigenvalue weighted by Crippen LogP contribution is 2.44. The molecule has 3 aliphatic rings. The van der Waals surface area contributed by atoms with Crippen LogP contribution in [0.2, 0.25) is 0 Å². The highest BCUT2D eigenvalue weighted by Gasteiger charge is 2.39. The molecule has 2 nitrogen and oxygen atoms in total. The quantitative estimate of drug-likeness (QED) is 0.444. The molecule has 2 aromatic rings. The fourth-order valence-corrected chi connectivity index (χ4v) is 7.22. The van der Waals surface area contributed by atoms with Crippen LogP contribution in [0.15, 0.2) is 30.3 Å². The Balaban J connectivity index is 1.43.